The molecule has 1 heterocycles. The maximum atomic E-state index is 13.4. The molecule has 1 saturated heterocycles. The number of carbonyl (C=O) groups excluding carboxylic acids is 1. The number of sulfonamides is 1. The highest BCUT2D eigenvalue weighted by atomic mass is 35.5. The van der Waals surface area contributed by atoms with Crippen LogP contribution >= 0.6 is 23.2 Å². The normalized spacial score (nSPS) is 15.8. The monoisotopic (exact) mass is 434 g/mol. The van der Waals surface area contributed by atoms with Gasteiger partial charge in [-0.05, 0) is 30.3 Å². The molecule has 10 heteroatoms. The van der Waals surface area contributed by atoms with Crippen molar-refractivity contribution in [2.24, 2.45) is 0 Å². The lowest BCUT2D eigenvalue weighted by Crippen LogP contribution is -2.50. The molecule has 1 amide bonds. The minimum absolute atomic E-state index is 0.0574. The molecule has 0 radical (unpaired) electrons. The Hall–Kier alpha value is -1.74. The van der Waals surface area contributed by atoms with Crippen molar-refractivity contribution in [2.75, 3.05) is 26.2 Å². The number of carbonyl (C=O) groups is 1. The van der Waals surface area contributed by atoms with Crippen LogP contribution in [0.4, 0.5) is 8.78 Å². The Kier molecular flexibility index (Phi) is 5.71. The van der Waals surface area contributed by atoms with Crippen LogP contribution in [0.5, 0.6) is 0 Å². The molecule has 5 nitrogen and oxygen atoms in total. The molecule has 0 bridgehead atoms. The highest BCUT2D eigenvalue weighted by Gasteiger charge is 2.31. The van der Waals surface area contributed by atoms with Gasteiger partial charge >= 0.3 is 0 Å². The van der Waals surface area contributed by atoms with Gasteiger partial charge in [-0.1, -0.05) is 29.3 Å². The van der Waals surface area contributed by atoms with E-state index in [1.807, 2.05) is 0 Å². The van der Waals surface area contributed by atoms with Crippen LogP contribution in [0.15, 0.2) is 41.3 Å². The Bertz CT molecular complexity index is 994. The third kappa shape index (κ3) is 4.08. The summed E-state index contributed by atoms with van der Waals surface area (Å²) >= 11 is 11.7. The highest BCUT2D eigenvalue weighted by molar-refractivity contribution is 7.89. The van der Waals surface area contributed by atoms with Gasteiger partial charge in [0.1, 0.15) is 0 Å². The first-order chi connectivity index (χ1) is 12.7. The van der Waals surface area contributed by atoms with E-state index in [4.69, 9.17) is 23.2 Å². The van der Waals surface area contributed by atoms with E-state index in [2.05, 4.69) is 0 Å². The Balaban J connectivity index is 1.74. The van der Waals surface area contributed by atoms with E-state index in [0.29, 0.717) is 5.02 Å². The maximum Gasteiger partial charge on any atom is 0.255 e. The van der Waals surface area contributed by atoms with Gasteiger partial charge in [-0.2, -0.15) is 4.31 Å². The second kappa shape index (κ2) is 7.71. The highest BCUT2D eigenvalue weighted by Crippen LogP contribution is 2.24. The zero-order valence-electron chi connectivity index (χ0n) is 13.8. The first-order valence-electron chi connectivity index (χ1n) is 7.89. The average Bonchev–Trinajstić information content (AvgIpc) is 2.64. The summed E-state index contributed by atoms with van der Waals surface area (Å²) in [6, 6.07) is 7.40. The lowest BCUT2D eigenvalue weighted by atomic mass is 10.1. The smallest absolute Gasteiger partial charge is 0.255 e. The number of halogens is 4. The van der Waals surface area contributed by atoms with Gasteiger partial charge in [-0.15, -0.1) is 0 Å². The zero-order valence-corrected chi connectivity index (χ0v) is 16.2. The Morgan fingerprint density at radius 3 is 2.22 bits per heavy atom. The second-order valence-electron chi connectivity index (χ2n) is 5.90. The predicted octanol–water partition coefficient (Wildman–Crippen LogP) is 3.42. The van der Waals surface area contributed by atoms with Crippen molar-refractivity contribution in [1.29, 1.82) is 0 Å². The quantitative estimate of drug-likeness (QED) is 0.695. The minimum atomic E-state index is -3.74. The molecule has 0 unspecified atom stereocenters. The van der Waals surface area contributed by atoms with Gasteiger partial charge < -0.3 is 4.90 Å². The van der Waals surface area contributed by atoms with Crippen molar-refractivity contribution in [2.45, 2.75) is 4.90 Å². The Morgan fingerprint density at radius 1 is 0.963 bits per heavy atom. The van der Waals surface area contributed by atoms with Gasteiger partial charge in [0.15, 0.2) is 11.6 Å². The summed E-state index contributed by atoms with van der Waals surface area (Å²) < 4.78 is 53.2. The number of amides is 1. The molecule has 0 spiro atoms. The fraction of sp³-hybridized carbons (Fsp3) is 0.235. The molecule has 3 rings (SSSR count). The summed E-state index contributed by atoms with van der Waals surface area (Å²) in [4.78, 5) is 13.9. The number of piperazine rings is 1. The number of hydrogen-bond donors (Lipinski definition) is 0. The molecule has 0 aliphatic carbocycles. The molecular weight excluding hydrogens is 421 g/mol. The Labute approximate surface area is 165 Å². The summed E-state index contributed by atoms with van der Waals surface area (Å²) in [5.41, 5.74) is -0.165. The van der Waals surface area contributed by atoms with Crippen LogP contribution in [0.2, 0.25) is 10.0 Å². The molecule has 1 fully saturated rings. The third-order valence-electron chi connectivity index (χ3n) is 4.20. The third-order valence-corrected chi connectivity index (χ3v) is 6.64. The van der Waals surface area contributed by atoms with E-state index >= 15 is 0 Å². The molecule has 0 saturated carbocycles. The molecule has 2 aromatic carbocycles. The largest absolute Gasteiger partial charge is 0.336 e. The fourth-order valence-corrected chi connectivity index (χ4v) is 4.72. The lowest BCUT2D eigenvalue weighted by Gasteiger charge is -2.34. The van der Waals surface area contributed by atoms with Gasteiger partial charge in [0.05, 0.1) is 15.5 Å². The van der Waals surface area contributed by atoms with Crippen molar-refractivity contribution in [3.05, 3.63) is 63.6 Å². The summed E-state index contributed by atoms with van der Waals surface area (Å²) in [7, 11) is -3.74. The van der Waals surface area contributed by atoms with Crippen LogP contribution in [-0.2, 0) is 10.0 Å². The van der Waals surface area contributed by atoms with E-state index in [1.165, 1.54) is 21.3 Å². The van der Waals surface area contributed by atoms with E-state index in [1.54, 1.807) is 12.1 Å². The van der Waals surface area contributed by atoms with Gasteiger partial charge in [0.2, 0.25) is 10.0 Å². The Morgan fingerprint density at radius 2 is 1.59 bits per heavy atom. The second-order valence-corrected chi connectivity index (χ2v) is 8.68. The SMILES string of the molecule is O=C(c1cc(F)c(F)cc1Cl)N1CCN(S(=O)(=O)c2cccc(Cl)c2)CC1. The fourth-order valence-electron chi connectivity index (χ4n) is 2.76. The van der Waals surface area contributed by atoms with Crippen molar-refractivity contribution >= 4 is 39.1 Å². The van der Waals surface area contributed by atoms with E-state index in [0.717, 1.165) is 12.1 Å². The van der Waals surface area contributed by atoms with E-state index in [-0.39, 0.29) is 41.7 Å². The number of rotatable bonds is 3. The molecule has 0 N–H and O–H groups in total. The summed E-state index contributed by atoms with van der Waals surface area (Å²) in [6.45, 7) is 0.297. The van der Waals surface area contributed by atoms with Crippen LogP contribution in [0.25, 0.3) is 0 Å². The maximum absolute atomic E-state index is 13.4. The minimum Gasteiger partial charge on any atom is -0.336 e. The van der Waals surface area contributed by atoms with Crippen LogP contribution in [0, 0.1) is 11.6 Å². The predicted molar refractivity (Wildman–Crippen MR) is 97.5 cm³/mol. The standard InChI is InChI=1S/C17H14Cl2F2N2O3S/c18-11-2-1-3-12(8-11)27(25,26)23-6-4-22(5-7-23)17(24)13-9-15(20)16(21)10-14(13)19/h1-3,8-10H,4-7H2. The van der Waals surface area contributed by atoms with Crippen LogP contribution in [0.3, 0.4) is 0 Å². The number of nitrogens with zero attached hydrogens (tertiary/aromatic N) is 2. The average molecular weight is 435 g/mol. The molecule has 0 aromatic heterocycles. The van der Waals surface area contributed by atoms with Crippen molar-refractivity contribution in [1.82, 2.24) is 9.21 Å². The zero-order chi connectivity index (χ0) is 19.8. The van der Waals surface area contributed by atoms with Gasteiger partial charge in [-0.25, -0.2) is 17.2 Å². The molecule has 1 aliphatic heterocycles. The van der Waals surface area contributed by atoms with E-state index < -0.39 is 27.6 Å². The summed E-state index contributed by atoms with van der Waals surface area (Å²) in [5, 5.41) is 0.103. The summed E-state index contributed by atoms with van der Waals surface area (Å²) in [6.07, 6.45) is 0. The number of hydrogen-bond acceptors (Lipinski definition) is 3. The number of benzene rings is 2. The van der Waals surface area contributed by atoms with Gasteiger partial charge in [-0.3, -0.25) is 4.79 Å². The molecule has 144 valence electrons. The van der Waals surface area contributed by atoms with Crippen molar-refractivity contribution in [3.63, 3.8) is 0 Å². The first-order valence-corrected chi connectivity index (χ1v) is 10.1. The van der Waals surface area contributed by atoms with Crippen molar-refractivity contribution < 1.29 is 22.0 Å². The van der Waals surface area contributed by atoms with Crippen LogP contribution in [0.1, 0.15) is 10.4 Å². The van der Waals surface area contributed by atoms with E-state index in [9.17, 15) is 22.0 Å². The van der Waals surface area contributed by atoms with Crippen LogP contribution in [-0.4, -0.2) is 49.7 Å². The molecule has 1 aliphatic rings. The van der Waals surface area contributed by atoms with Crippen LogP contribution < -0.4 is 0 Å². The molecular formula is C17H14Cl2F2N2O3S. The summed E-state index contributed by atoms with van der Waals surface area (Å²) in [5.74, 6) is -2.90. The lowest BCUT2D eigenvalue weighted by molar-refractivity contribution is 0.0697. The molecule has 0 atom stereocenters. The van der Waals surface area contributed by atoms with Gasteiger partial charge in [0.25, 0.3) is 5.91 Å². The topological polar surface area (TPSA) is 57.7 Å². The van der Waals surface area contributed by atoms with Gasteiger partial charge in [0, 0.05) is 31.2 Å². The molecule has 27 heavy (non-hydrogen) atoms. The first kappa shape index (κ1) is 20.0. The molecule has 2 aromatic rings. The van der Waals surface area contributed by atoms with Crippen molar-refractivity contribution in [3.8, 4) is 0 Å².